The van der Waals surface area contributed by atoms with Crippen LogP contribution in [0.4, 0.5) is 0 Å². The number of fused-ring (bicyclic) bond motifs is 9. The van der Waals surface area contributed by atoms with Crippen LogP contribution in [0.5, 0.6) is 5.75 Å². The molecule has 6 nitrogen and oxygen atoms in total. The third kappa shape index (κ3) is 5.53. The molecule has 7 rings (SSSR count). The van der Waals surface area contributed by atoms with Gasteiger partial charge in [0.2, 0.25) is 0 Å². The number of pyridine rings is 1. The number of ether oxygens (including phenoxy) is 1. The van der Waals surface area contributed by atoms with E-state index in [0.29, 0.717) is 0 Å². The van der Waals surface area contributed by atoms with Gasteiger partial charge < -0.3 is 14.7 Å². The molecule has 4 aromatic heterocycles. The van der Waals surface area contributed by atoms with E-state index in [0.717, 1.165) is 61.5 Å². The van der Waals surface area contributed by atoms with E-state index < -0.39 is 0 Å². The van der Waals surface area contributed by atoms with Gasteiger partial charge in [0, 0.05) is 50.7 Å². The fraction of sp³-hybridized carbons (Fsp3) is 0.0333. The van der Waals surface area contributed by atoms with Crippen molar-refractivity contribution in [3.63, 3.8) is 0 Å². The van der Waals surface area contributed by atoms with E-state index in [4.69, 9.17) is 4.74 Å². The number of rotatable bonds is 1. The van der Waals surface area contributed by atoms with Gasteiger partial charge in [0.25, 0.3) is 0 Å². The largest absolute Gasteiger partial charge is 0.496 e. The SMILES string of the molecule is C1=Cc2cc3ccc(cc4nc(cc5ccc(cc1n2)[nH]5)C=C4)[nH]3.COc1cccc2ncccc12.[Mn]. The summed E-state index contributed by atoms with van der Waals surface area (Å²) in [5.41, 5.74) is 8.83. The molecule has 0 aliphatic carbocycles. The quantitative estimate of drug-likeness (QED) is 0.229. The number of nitrogens with one attached hydrogen (secondary N) is 2. The van der Waals surface area contributed by atoms with Crippen LogP contribution < -0.4 is 4.74 Å². The fourth-order valence-electron chi connectivity index (χ4n) is 4.20. The van der Waals surface area contributed by atoms with E-state index in [2.05, 4.69) is 49.2 Å². The number of H-pyrrole nitrogens is 2. The Hall–Kier alpha value is -4.45. The van der Waals surface area contributed by atoms with Crippen LogP contribution in [0, 0.1) is 0 Å². The molecular formula is C30H23MnN5O. The number of methoxy groups -OCH3 is 1. The Morgan fingerprint density at radius 3 is 1.54 bits per heavy atom. The molecule has 181 valence electrons. The Morgan fingerprint density at radius 2 is 1.08 bits per heavy atom. The van der Waals surface area contributed by atoms with Crippen molar-refractivity contribution in [2.24, 2.45) is 0 Å². The van der Waals surface area contributed by atoms with Gasteiger partial charge in [-0.15, -0.1) is 0 Å². The number of nitrogens with zero attached hydrogens (tertiary/aromatic N) is 3. The minimum Gasteiger partial charge on any atom is -0.496 e. The van der Waals surface area contributed by atoms with Crippen LogP contribution in [-0.2, 0) is 17.1 Å². The third-order valence-electron chi connectivity index (χ3n) is 5.87. The van der Waals surface area contributed by atoms with Crippen LogP contribution in [0.1, 0.15) is 22.8 Å². The molecule has 6 heterocycles. The topological polar surface area (TPSA) is 79.5 Å². The summed E-state index contributed by atoms with van der Waals surface area (Å²) in [7, 11) is 1.67. The van der Waals surface area contributed by atoms with Crippen molar-refractivity contribution >= 4 is 57.3 Å². The summed E-state index contributed by atoms with van der Waals surface area (Å²) in [5, 5.41) is 1.06. The van der Waals surface area contributed by atoms with Crippen molar-refractivity contribution in [1.82, 2.24) is 24.9 Å². The first kappa shape index (κ1) is 24.3. The molecule has 1 aromatic carbocycles. The van der Waals surface area contributed by atoms with Crippen molar-refractivity contribution in [2.75, 3.05) is 7.11 Å². The summed E-state index contributed by atoms with van der Waals surface area (Å²) in [6.45, 7) is 0. The predicted octanol–water partition coefficient (Wildman–Crippen LogP) is 6.90. The number of hydrogen-bond acceptors (Lipinski definition) is 4. The zero-order valence-corrected chi connectivity index (χ0v) is 21.2. The normalized spacial score (nSPS) is 11.5. The molecule has 7 heteroatoms. The van der Waals surface area contributed by atoms with E-state index in [9.17, 15) is 0 Å². The van der Waals surface area contributed by atoms with Crippen molar-refractivity contribution < 1.29 is 21.8 Å². The van der Waals surface area contributed by atoms with E-state index in [1.165, 1.54) is 0 Å². The van der Waals surface area contributed by atoms with E-state index in [1.54, 1.807) is 13.3 Å². The first-order chi connectivity index (χ1) is 17.7. The van der Waals surface area contributed by atoms with Gasteiger partial charge in [0.15, 0.2) is 0 Å². The Bertz CT molecular complexity index is 1620. The molecule has 8 bridgehead atoms. The molecular weight excluding hydrogens is 501 g/mol. The minimum absolute atomic E-state index is 0. The number of benzene rings is 1. The molecule has 0 saturated heterocycles. The van der Waals surface area contributed by atoms with Crippen LogP contribution in [0.2, 0.25) is 0 Å². The first-order valence-corrected chi connectivity index (χ1v) is 11.6. The number of aromatic nitrogens is 5. The maximum absolute atomic E-state index is 5.19. The average Bonchev–Trinajstić information content (AvgIpc) is 3.70. The predicted molar refractivity (Wildman–Crippen MR) is 147 cm³/mol. The maximum atomic E-state index is 5.19. The Kier molecular flexibility index (Phi) is 6.99. The van der Waals surface area contributed by atoms with Crippen LogP contribution in [0.3, 0.4) is 0 Å². The molecule has 2 aliphatic heterocycles. The van der Waals surface area contributed by atoms with Crippen LogP contribution in [0.15, 0.2) is 85.1 Å². The van der Waals surface area contributed by atoms with Crippen LogP contribution >= 0.6 is 0 Å². The van der Waals surface area contributed by atoms with E-state index >= 15 is 0 Å². The molecule has 2 aliphatic rings. The van der Waals surface area contributed by atoms with Gasteiger partial charge in [-0.25, -0.2) is 9.97 Å². The smallest absolute Gasteiger partial charge is 0.128 e. The molecule has 1 radical (unpaired) electrons. The molecule has 0 fully saturated rings. The van der Waals surface area contributed by atoms with Gasteiger partial charge >= 0.3 is 0 Å². The zero-order chi connectivity index (χ0) is 24.3. The molecule has 2 N–H and O–H groups in total. The van der Waals surface area contributed by atoms with Crippen molar-refractivity contribution in [3.8, 4) is 5.75 Å². The van der Waals surface area contributed by atoms with Gasteiger partial charge in [-0.2, -0.15) is 0 Å². The van der Waals surface area contributed by atoms with Gasteiger partial charge in [-0.1, -0.05) is 6.07 Å². The summed E-state index contributed by atoms with van der Waals surface area (Å²) in [6, 6.07) is 26.1. The maximum Gasteiger partial charge on any atom is 0.128 e. The molecule has 0 amide bonds. The summed E-state index contributed by atoms with van der Waals surface area (Å²) in [5.74, 6) is 0.876. The first-order valence-electron chi connectivity index (χ1n) is 11.6. The van der Waals surface area contributed by atoms with Gasteiger partial charge in [-0.05, 0) is 97.1 Å². The fourth-order valence-corrected chi connectivity index (χ4v) is 4.20. The standard InChI is InChI=1S/C20H14N4.C10H9NO.Mn/c1-2-14-10-16-5-6-18(23-16)12-20-8-7-19(24-20)11-17-4-3-15(22-17)9-13(1)21-14;1-12-10-6-2-5-9-8(10)4-3-7-11-9;/h1-12,21,24H;2-7H,1H3;. The second kappa shape index (κ2) is 10.7. The molecule has 0 saturated carbocycles. The van der Waals surface area contributed by atoms with Gasteiger partial charge in [0.1, 0.15) is 5.75 Å². The Labute approximate surface area is 224 Å². The molecule has 0 unspecified atom stereocenters. The zero-order valence-electron chi connectivity index (χ0n) is 20.0. The second-order valence-electron chi connectivity index (χ2n) is 8.44. The third-order valence-corrected chi connectivity index (χ3v) is 5.87. The molecule has 5 aromatic rings. The summed E-state index contributed by atoms with van der Waals surface area (Å²) < 4.78 is 5.19. The molecule has 37 heavy (non-hydrogen) atoms. The molecule has 0 atom stereocenters. The Balaban J connectivity index is 0.000000183. The average molecular weight is 524 g/mol. The Morgan fingerprint density at radius 1 is 0.595 bits per heavy atom. The summed E-state index contributed by atoms with van der Waals surface area (Å²) in [6.07, 6.45) is 9.87. The van der Waals surface area contributed by atoms with Crippen molar-refractivity contribution in [2.45, 2.75) is 0 Å². The summed E-state index contributed by atoms with van der Waals surface area (Å²) in [4.78, 5) is 20.2. The van der Waals surface area contributed by atoms with E-state index in [-0.39, 0.29) is 17.1 Å². The van der Waals surface area contributed by atoms with E-state index in [1.807, 2.05) is 78.9 Å². The van der Waals surface area contributed by atoms with Crippen LogP contribution in [0.25, 0.3) is 57.3 Å². The van der Waals surface area contributed by atoms with Crippen molar-refractivity contribution in [1.29, 1.82) is 0 Å². The van der Waals surface area contributed by atoms with Crippen LogP contribution in [-0.4, -0.2) is 32.0 Å². The van der Waals surface area contributed by atoms with Gasteiger partial charge in [-0.3, -0.25) is 4.98 Å². The summed E-state index contributed by atoms with van der Waals surface area (Å²) >= 11 is 0. The van der Waals surface area contributed by atoms with Crippen molar-refractivity contribution in [3.05, 3.63) is 108 Å². The number of aromatic amines is 2. The van der Waals surface area contributed by atoms with Gasteiger partial charge in [0.05, 0.1) is 35.4 Å². The monoisotopic (exact) mass is 524 g/mol. The molecule has 0 spiro atoms. The second-order valence-corrected chi connectivity index (χ2v) is 8.44. The minimum atomic E-state index is 0. The number of hydrogen-bond donors (Lipinski definition) is 2.